The highest BCUT2D eigenvalue weighted by atomic mass is 16.5. The van der Waals surface area contributed by atoms with E-state index in [1.54, 1.807) is 0 Å². The molecule has 2 rings (SSSR count). The summed E-state index contributed by atoms with van der Waals surface area (Å²) in [5, 5.41) is 0. The van der Waals surface area contributed by atoms with Crippen LogP contribution in [0.1, 0.15) is 42.1 Å². The fourth-order valence-electron chi connectivity index (χ4n) is 3.19. The summed E-state index contributed by atoms with van der Waals surface area (Å²) in [5.41, 5.74) is 4.13. The van der Waals surface area contributed by atoms with Gasteiger partial charge in [0.2, 0.25) is 0 Å². The number of allylic oxidation sites excluding steroid dienone is 2. The predicted octanol–water partition coefficient (Wildman–Crippen LogP) is 4.28. The first-order valence-corrected chi connectivity index (χ1v) is 8.07. The molecule has 1 aliphatic rings. The fourth-order valence-corrected chi connectivity index (χ4v) is 3.19. The second-order valence-corrected chi connectivity index (χ2v) is 6.44. The van der Waals surface area contributed by atoms with Crippen LogP contribution in [0.2, 0.25) is 0 Å². The average Bonchev–Trinajstić information content (AvgIpc) is 2.46. The van der Waals surface area contributed by atoms with E-state index >= 15 is 0 Å². The number of hydrogen-bond acceptors (Lipinski definition) is 2. The number of hydrogen-bond donors (Lipinski definition) is 0. The van der Waals surface area contributed by atoms with Crippen LogP contribution >= 0.6 is 0 Å². The van der Waals surface area contributed by atoms with Crippen molar-refractivity contribution in [3.63, 3.8) is 0 Å². The van der Waals surface area contributed by atoms with Gasteiger partial charge in [-0.3, -0.25) is 0 Å². The summed E-state index contributed by atoms with van der Waals surface area (Å²) in [6.07, 6.45) is 8.42. The normalized spacial score (nSPS) is 20.0. The Balaban J connectivity index is 2.20. The van der Waals surface area contributed by atoms with Crippen molar-refractivity contribution in [3.8, 4) is 0 Å². The van der Waals surface area contributed by atoms with Crippen molar-refractivity contribution in [3.05, 3.63) is 47.0 Å². The molecule has 0 heterocycles. The molecular formula is C19H29NO. The van der Waals surface area contributed by atoms with Gasteiger partial charge in [-0.1, -0.05) is 30.4 Å². The quantitative estimate of drug-likeness (QED) is 0.724. The Morgan fingerprint density at radius 2 is 1.90 bits per heavy atom. The van der Waals surface area contributed by atoms with Crippen LogP contribution in [0.25, 0.3) is 0 Å². The molecule has 2 atom stereocenters. The van der Waals surface area contributed by atoms with Gasteiger partial charge in [0.05, 0.1) is 12.7 Å². The molecule has 0 N–H and O–H groups in total. The molecule has 0 aliphatic heterocycles. The molecule has 0 radical (unpaired) electrons. The zero-order valence-electron chi connectivity index (χ0n) is 13.9. The molecule has 0 bridgehead atoms. The van der Waals surface area contributed by atoms with Gasteiger partial charge in [-0.2, -0.15) is 0 Å². The summed E-state index contributed by atoms with van der Waals surface area (Å²) < 4.78 is 6.36. The highest BCUT2D eigenvalue weighted by molar-refractivity contribution is 5.36. The fraction of sp³-hybridized carbons (Fsp3) is 0.579. The Labute approximate surface area is 129 Å². The Kier molecular flexibility index (Phi) is 6.01. The molecule has 0 saturated carbocycles. The summed E-state index contributed by atoms with van der Waals surface area (Å²) in [5.74, 6) is 0.608. The van der Waals surface area contributed by atoms with Crippen LogP contribution in [0.15, 0.2) is 30.4 Å². The van der Waals surface area contributed by atoms with Gasteiger partial charge < -0.3 is 9.64 Å². The van der Waals surface area contributed by atoms with Gasteiger partial charge in [0.25, 0.3) is 0 Å². The average molecular weight is 287 g/mol. The summed E-state index contributed by atoms with van der Waals surface area (Å²) in [6.45, 7) is 6.20. The lowest BCUT2D eigenvalue weighted by molar-refractivity contribution is 0.000680. The van der Waals surface area contributed by atoms with E-state index in [-0.39, 0.29) is 6.10 Å². The van der Waals surface area contributed by atoms with E-state index < -0.39 is 0 Å². The van der Waals surface area contributed by atoms with Crippen molar-refractivity contribution in [2.45, 2.75) is 39.2 Å². The molecule has 21 heavy (non-hydrogen) atoms. The summed E-state index contributed by atoms with van der Waals surface area (Å²) in [6, 6.07) is 6.57. The topological polar surface area (TPSA) is 12.5 Å². The zero-order chi connectivity index (χ0) is 15.2. The first-order chi connectivity index (χ1) is 10.1. The van der Waals surface area contributed by atoms with Gasteiger partial charge >= 0.3 is 0 Å². The molecule has 1 aromatic rings. The highest BCUT2D eigenvalue weighted by Crippen LogP contribution is 2.37. The maximum atomic E-state index is 6.36. The lowest BCUT2D eigenvalue weighted by atomic mass is 9.83. The van der Waals surface area contributed by atoms with Gasteiger partial charge in [0, 0.05) is 6.54 Å². The van der Waals surface area contributed by atoms with Crippen LogP contribution < -0.4 is 0 Å². The van der Waals surface area contributed by atoms with Crippen molar-refractivity contribution in [2.24, 2.45) is 5.92 Å². The Bertz CT molecular complexity index is 458. The van der Waals surface area contributed by atoms with Gasteiger partial charge in [-0.05, 0) is 69.8 Å². The summed E-state index contributed by atoms with van der Waals surface area (Å²) in [7, 11) is 4.20. The molecule has 2 unspecified atom stereocenters. The lowest BCUT2D eigenvalue weighted by Crippen LogP contribution is -2.24. The van der Waals surface area contributed by atoms with Crippen LogP contribution in [-0.2, 0) is 4.74 Å². The molecule has 1 aliphatic carbocycles. The van der Waals surface area contributed by atoms with E-state index in [1.165, 1.54) is 29.5 Å². The van der Waals surface area contributed by atoms with Crippen molar-refractivity contribution in [1.29, 1.82) is 0 Å². The number of aryl methyl sites for hydroxylation is 2. The van der Waals surface area contributed by atoms with Crippen molar-refractivity contribution in [2.75, 3.05) is 27.2 Å². The monoisotopic (exact) mass is 287 g/mol. The van der Waals surface area contributed by atoms with Gasteiger partial charge in [-0.15, -0.1) is 0 Å². The molecule has 2 heteroatoms. The van der Waals surface area contributed by atoms with E-state index in [0.717, 1.165) is 19.6 Å². The molecular weight excluding hydrogens is 258 g/mol. The number of ether oxygens (including phenoxy) is 1. The third kappa shape index (κ3) is 4.42. The van der Waals surface area contributed by atoms with Gasteiger partial charge in [0.1, 0.15) is 0 Å². The van der Waals surface area contributed by atoms with Crippen LogP contribution in [-0.4, -0.2) is 32.1 Å². The van der Waals surface area contributed by atoms with Crippen LogP contribution in [0.4, 0.5) is 0 Å². The third-order valence-corrected chi connectivity index (χ3v) is 4.40. The minimum absolute atomic E-state index is 0.232. The van der Waals surface area contributed by atoms with Crippen molar-refractivity contribution in [1.82, 2.24) is 4.90 Å². The number of benzene rings is 1. The van der Waals surface area contributed by atoms with E-state index in [9.17, 15) is 0 Å². The molecule has 0 amide bonds. The lowest BCUT2D eigenvalue weighted by Gasteiger charge is -2.31. The maximum absolute atomic E-state index is 6.36. The SMILES string of the molecule is Cc1cccc(C)c1C(OCCN(C)C)C1CC=CCC1. The Morgan fingerprint density at radius 1 is 1.19 bits per heavy atom. The van der Waals surface area contributed by atoms with E-state index in [0.29, 0.717) is 5.92 Å². The maximum Gasteiger partial charge on any atom is 0.0861 e. The summed E-state index contributed by atoms with van der Waals surface area (Å²) in [4.78, 5) is 2.18. The second-order valence-electron chi connectivity index (χ2n) is 6.44. The molecule has 116 valence electrons. The molecule has 0 aromatic heterocycles. The number of likely N-dealkylation sites (N-methyl/N-ethyl adjacent to an activating group) is 1. The van der Waals surface area contributed by atoms with Gasteiger partial charge in [0.15, 0.2) is 0 Å². The Morgan fingerprint density at radius 3 is 2.48 bits per heavy atom. The van der Waals surface area contributed by atoms with E-state index in [1.807, 2.05) is 0 Å². The Hall–Kier alpha value is -1.12. The number of rotatable bonds is 6. The van der Waals surface area contributed by atoms with Crippen LogP contribution in [0, 0.1) is 19.8 Å². The van der Waals surface area contributed by atoms with Crippen molar-refractivity contribution >= 4 is 0 Å². The summed E-state index contributed by atoms with van der Waals surface area (Å²) >= 11 is 0. The van der Waals surface area contributed by atoms with E-state index in [2.05, 4.69) is 63.2 Å². The zero-order valence-corrected chi connectivity index (χ0v) is 13.9. The first kappa shape index (κ1) is 16.3. The van der Waals surface area contributed by atoms with Crippen LogP contribution in [0.5, 0.6) is 0 Å². The molecule has 2 nitrogen and oxygen atoms in total. The van der Waals surface area contributed by atoms with E-state index in [4.69, 9.17) is 4.74 Å². The van der Waals surface area contributed by atoms with Gasteiger partial charge in [-0.25, -0.2) is 0 Å². The predicted molar refractivity (Wildman–Crippen MR) is 89.6 cm³/mol. The highest BCUT2D eigenvalue weighted by Gasteiger charge is 2.26. The first-order valence-electron chi connectivity index (χ1n) is 8.07. The third-order valence-electron chi connectivity index (χ3n) is 4.40. The number of nitrogens with zero attached hydrogens (tertiary/aromatic N) is 1. The standard InChI is InChI=1S/C19H29NO/c1-15-9-8-10-16(2)18(15)19(21-14-13-20(3)4)17-11-6-5-7-12-17/h5-6,8-10,17,19H,7,11-14H2,1-4H3. The molecule has 0 saturated heterocycles. The largest absolute Gasteiger partial charge is 0.372 e. The smallest absolute Gasteiger partial charge is 0.0861 e. The van der Waals surface area contributed by atoms with Crippen LogP contribution in [0.3, 0.4) is 0 Å². The minimum Gasteiger partial charge on any atom is -0.372 e. The second kappa shape index (κ2) is 7.77. The minimum atomic E-state index is 0.232. The molecule has 0 fully saturated rings. The molecule has 0 spiro atoms. The molecule has 1 aromatic carbocycles. The van der Waals surface area contributed by atoms with Crippen molar-refractivity contribution < 1.29 is 4.74 Å².